The second-order valence-electron chi connectivity index (χ2n) is 7.88. The van der Waals surface area contributed by atoms with E-state index < -0.39 is 27.3 Å². The van der Waals surface area contributed by atoms with Gasteiger partial charge in [-0.15, -0.1) is 0 Å². The van der Waals surface area contributed by atoms with Gasteiger partial charge in [-0.25, -0.2) is 8.42 Å². The van der Waals surface area contributed by atoms with Crippen LogP contribution in [-0.4, -0.2) is 42.8 Å². The molecule has 3 aromatic rings. The summed E-state index contributed by atoms with van der Waals surface area (Å²) in [5.74, 6) is 1.16. The summed E-state index contributed by atoms with van der Waals surface area (Å²) in [7, 11) is -0.0976. The zero-order valence-electron chi connectivity index (χ0n) is 19.8. The first kappa shape index (κ1) is 25.3. The molecule has 3 rings (SSSR count). The lowest BCUT2D eigenvalue weighted by atomic mass is 10.2. The summed E-state index contributed by atoms with van der Waals surface area (Å²) in [5, 5.41) is 6.36. The van der Waals surface area contributed by atoms with E-state index in [2.05, 4.69) is 10.4 Å². The van der Waals surface area contributed by atoms with Crippen LogP contribution in [0.5, 0.6) is 17.2 Å². The van der Waals surface area contributed by atoms with Gasteiger partial charge in [0.15, 0.2) is 21.9 Å². The van der Waals surface area contributed by atoms with Crippen molar-refractivity contribution in [2.24, 2.45) is 7.05 Å². The molecule has 1 aromatic heterocycles. The quantitative estimate of drug-likeness (QED) is 0.422. The number of hydrogen-bond acceptors (Lipinski definition) is 7. The van der Waals surface area contributed by atoms with Gasteiger partial charge < -0.3 is 19.5 Å². The van der Waals surface area contributed by atoms with Gasteiger partial charge in [-0.05, 0) is 50.2 Å². The minimum absolute atomic E-state index is 0.216. The second kappa shape index (κ2) is 10.7. The van der Waals surface area contributed by atoms with Crippen molar-refractivity contribution in [2.45, 2.75) is 43.6 Å². The molecular formula is C24H29N3O6S. The van der Waals surface area contributed by atoms with Crippen LogP contribution in [0.25, 0.3) is 0 Å². The Morgan fingerprint density at radius 1 is 1.06 bits per heavy atom. The van der Waals surface area contributed by atoms with E-state index >= 15 is 0 Å². The van der Waals surface area contributed by atoms with E-state index in [0.717, 1.165) is 0 Å². The molecule has 182 valence electrons. The molecule has 0 aliphatic carbocycles. The Kier molecular flexibility index (Phi) is 7.95. The third-order valence-corrected chi connectivity index (χ3v) is 7.14. The van der Waals surface area contributed by atoms with E-state index in [-0.39, 0.29) is 4.90 Å². The molecule has 0 radical (unpaired) electrons. The first-order chi connectivity index (χ1) is 16.1. The minimum Gasteiger partial charge on any atom is -0.465 e. The lowest BCUT2D eigenvalue weighted by molar-refractivity contribution is -0.0549. The van der Waals surface area contributed by atoms with Crippen molar-refractivity contribution >= 4 is 21.6 Å². The number of benzene rings is 2. The van der Waals surface area contributed by atoms with Gasteiger partial charge in [-0.2, -0.15) is 5.10 Å². The fourth-order valence-electron chi connectivity index (χ4n) is 3.06. The van der Waals surface area contributed by atoms with Gasteiger partial charge in [-0.1, -0.05) is 6.92 Å². The second-order valence-corrected chi connectivity index (χ2v) is 10.4. The van der Waals surface area contributed by atoms with Crippen molar-refractivity contribution in [3.63, 3.8) is 0 Å². The van der Waals surface area contributed by atoms with Crippen molar-refractivity contribution < 1.29 is 27.4 Å². The number of rotatable bonds is 10. The maximum absolute atomic E-state index is 12.9. The van der Waals surface area contributed by atoms with Gasteiger partial charge >= 0.3 is 0 Å². The molecule has 1 unspecified atom stereocenters. The van der Waals surface area contributed by atoms with Gasteiger partial charge in [0, 0.05) is 44.5 Å². The average Bonchev–Trinajstić information content (AvgIpc) is 3.21. The monoisotopic (exact) mass is 487 g/mol. The number of sulfone groups is 1. The number of methoxy groups -OCH3 is 1. The molecule has 0 bridgehead atoms. The number of ether oxygens (including phenoxy) is 3. The molecule has 1 atom stereocenters. The highest BCUT2D eigenvalue weighted by Gasteiger charge is 2.19. The van der Waals surface area contributed by atoms with Crippen LogP contribution in [0.3, 0.4) is 0 Å². The number of carbonyl (C=O) groups excluding carboxylic acids is 1. The van der Waals surface area contributed by atoms with Gasteiger partial charge in [0.25, 0.3) is 5.91 Å². The molecule has 34 heavy (non-hydrogen) atoms. The molecular weight excluding hydrogens is 458 g/mol. The maximum Gasteiger partial charge on any atom is 0.257 e. The molecule has 1 amide bonds. The van der Waals surface area contributed by atoms with Crippen LogP contribution in [0.1, 0.15) is 37.6 Å². The maximum atomic E-state index is 12.9. The van der Waals surface area contributed by atoms with Gasteiger partial charge in [-0.3, -0.25) is 9.48 Å². The number of carbonyl (C=O) groups is 1. The smallest absolute Gasteiger partial charge is 0.257 e. The van der Waals surface area contributed by atoms with E-state index in [9.17, 15) is 13.2 Å². The highest BCUT2D eigenvalue weighted by Crippen LogP contribution is 2.30. The Balaban J connectivity index is 1.89. The summed E-state index contributed by atoms with van der Waals surface area (Å²) in [6, 6.07) is 12.6. The molecule has 2 aromatic carbocycles. The molecule has 0 aliphatic rings. The van der Waals surface area contributed by atoms with Gasteiger partial charge in [0.05, 0.1) is 10.1 Å². The normalized spacial score (nSPS) is 12.4. The number of aromatic nitrogens is 2. The Bertz CT molecular complexity index is 1230. The average molecular weight is 488 g/mol. The van der Waals surface area contributed by atoms with Crippen LogP contribution in [0.15, 0.2) is 59.6 Å². The minimum atomic E-state index is -3.39. The molecule has 1 N–H and O–H groups in total. The third-order valence-electron chi connectivity index (χ3n) is 4.97. The van der Waals surface area contributed by atoms with Crippen molar-refractivity contribution in [1.29, 1.82) is 0 Å². The summed E-state index contributed by atoms with van der Waals surface area (Å²) in [6.07, 6.45) is 1.82. The fourth-order valence-corrected chi connectivity index (χ4v) is 4.12. The SMILES string of the molecule is CCC(OC)Oc1cc(Oc2ccc(S(=O)(=O)C(C)C)cc2)cc(C(=O)Nc2ccn(C)n2)c1. The van der Waals surface area contributed by atoms with Crippen molar-refractivity contribution in [1.82, 2.24) is 9.78 Å². The van der Waals surface area contributed by atoms with Crippen LogP contribution < -0.4 is 14.8 Å². The van der Waals surface area contributed by atoms with Crippen molar-refractivity contribution in [3.05, 3.63) is 60.3 Å². The number of amides is 1. The van der Waals surface area contributed by atoms with E-state index in [1.165, 1.54) is 19.2 Å². The van der Waals surface area contributed by atoms with Crippen molar-refractivity contribution in [3.8, 4) is 17.2 Å². The predicted octanol–water partition coefficient (Wildman–Crippen LogP) is 4.41. The molecule has 0 saturated heterocycles. The standard InChI is InChI=1S/C24H29N3O6S/c1-6-23(31-5)33-20-14-17(24(28)25-22-11-12-27(4)26-22)13-19(15-20)32-18-7-9-21(10-8-18)34(29,30)16(2)3/h7-16,23H,6H2,1-5H3,(H,25,26,28). The third kappa shape index (κ3) is 6.15. The predicted molar refractivity (Wildman–Crippen MR) is 128 cm³/mol. The van der Waals surface area contributed by atoms with Crippen LogP contribution in [0, 0.1) is 0 Å². The summed E-state index contributed by atoms with van der Waals surface area (Å²) in [5.41, 5.74) is 0.295. The molecule has 10 heteroatoms. The Morgan fingerprint density at radius 2 is 1.74 bits per heavy atom. The summed E-state index contributed by atoms with van der Waals surface area (Å²) in [4.78, 5) is 13.1. The summed E-state index contributed by atoms with van der Waals surface area (Å²) in [6.45, 7) is 5.18. The van der Waals surface area contributed by atoms with Crippen molar-refractivity contribution in [2.75, 3.05) is 12.4 Å². The highest BCUT2D eigenvalue weighted by atomic mass is 32.2. The molecule has 0 fully saturated rings. The number of nitrogens with zero attached hydrogens (tertiary/aromatic N) is 2. The largest absolute Gasteiger partial charge is 0.465 e. The Hall–Kier alpha value is -3.37. The fraction of sp³-hybridized carbons (Fsp3) is 0.333. The zero-order chi connectivity index (χ0) is 24.9. The van der Waals surface area contributed by atoms with Crippen LogP contribution >= 0.6 is 0 Å². The topological polar surface area (TPSA) is 109 Å². The lowest BCUT2D eigenvalue weighted by Gasteiger charge is -2.17. The van der Waals surface area contributed by atoms with E-state index in [4.69, 9.17) is 14.2 Å². The van der Waals surface area contributed by atoms with Gasteiger partial charge in [0.1, 0.15) is 17.2 Å². The first-order valence-corrected chi connectivity index (χ1v) is 12.3. The Morgan fingerprint density at radius 3 is 2.29 bits per heavy atom. The summed E-state index contributed by atoms with van der Waals surface area (Å²) >= 11 is 0. The van der Waals surface area contributed by atoms with E-state index in [1.807, 2.05) is 6.92 Å². The number of nitrogens with one attached hydrogen (secondary N) is 1. The van der Waals surface area contributed by atoms with Gasteiger partial charge in [0.2, 0.25) is 0 Å². The first-order valence-electron chi connectivity index (χ1n) is 10.8. The van der Waals surface area contributed by atoms with Crippen LogP contribution in [-0.2, 0) is 21.6 Å². The lowest BCUT2D eigenvalue weighted by Crippen LogP contribution is -2.18. The number of aryl methyl sites for hydroxylation is 1. The van der Waals surface area contributed by atoms with E-state index in [0.29, 0.717) is 35.1 Å². The number of anilines is 1. The highest BCUT2D eigenvalue weighted by molar-refractivity contribution is 7.92. The molecule has 0 saturated carbocycles. The molecule has 0 spiro atoms. The van der Waals surface area contributed by atoms with E-state index in [1.54, 1.807) is 68.2 Å². The van der Waals surface area contributed by atoms with Crippen LogP contribution in [0.4, 0.5) is 5.82 Å². The molecule has 9 nitrogen and oxygen atoms in total. The number of hydrogen-bond donors (Lipinski definition) is 1. The zero-order valence-corrected chi connectivity index (χ0v) is 20.6. The molecule has 0 aliphatic heterocycles. The molecule has 1 heterocycles. The summed E-state index contributed by atoms with van der Waals surface area (Å²) < 4.78 is 43.4. The van der Waals surface area contributed by atoms with Crippen LogP contribution in [0.2, 0.25) is 0 Å². The Labute approximate surface area is 199 Å².